The first-order chi connectivity index (χ1) is 13.7. The Labute approximate surface area is 191 Å². The zero-order valence-corrected chi connectivity index (χ0v) is 20.1. The molecule has 8 heteroatoms. The molecular weight excluding hydrogens is 483 g/mol. The summed E-state index contributed by atoms with van der Waals surface area (Å²) in [7, 11) is 0. The summed E-state index contributed by atoms with van der Waals surface area (Å²) in [4.78, 5) is 7.37. The van der Waals surface area contributed by atoms with Crippen molar-refractivity contribution in [3.63, 3.8) is 0 Å². The molecule has 3 rings (SSSR count). The molecule has 0 bridgehead atoms. The van der Waals surface area contributed by atoms with E-state index >= 15 is 0 Å². The predicted molar refractivity (Wildman–Crippen MR) is 128 cm³/mol. The lowest BCUT2D eigenvalue weighted by molar-refractivity contribution is 0.00869. The smallest absolute Gasteiger partial charge is 0.195 e. The highest BCUT2D eigenvalue weighted by Gasteiger charge is 2.23. The summed E-state index contributed by atoms with van der Waals surface area (Å²) in [6.45, 7) is 13.1. The standard InChI is InChI=1S/C21H34N4O3.HI/c1-4-22-21(23-15-18(16(2)3)25-8-12-26-13-9-25)24-17-6-7-19-20(14-17)28-11-5-10-27-19;/h6-7,14,16,18H,4-5,8-13,15H2,1-3H3,(H2,22,23,24);1H. The molecule has 1 saturated heterocycles. The molecule has 1 aromatic carbocycles. The predicted octanol–water partition coefficient (Wildman–Crippen LogP) is 3.20. The summed E-state index contributed by atoms with van der Waals surface area (Å²) in [5.74, 6) is 2.91. The van der Waals surface area contributed by atoms with E-state index in [-0.39, 0.29) is 24.0 Å². The van der Waals surface area contributed by atoms with Gasteiger partial charge in [0.2, 0.25) is 0 Å². The first-order valence-electron chi connectivity index (χ1n) is 10.4. The number of aliphatic imine (C=N–C) groups is 1. The Hall–Kier alpha value is -1.26. The van der Waals surface area contributed by atoms with Crippen LogP contribution in [0.5, 0.6) is 11.5 Å². The molecule has 0 aromatic heterocycles. The highest BCUT2D eigenvalue weighted by molar-refractivity contribution is 14.0. The van der Waals surface area contributed by atoms with E-state index in [1.807, 2.05) is 18.2 Å². The first-order valence-corrected chi connectivity index (χ1v) is 10.4. The van der Waals surface area contributed by atoms with Gasteiger partial charge in [-0.25, -0.2) is 0 Å². The van der Waals surface area contributed by atoms with Gasteiger partial charge in [0.25, 0.3) is 0 Å². The summed E-state index contributed by atoms with van der Waals surface area (Å²) in [5, 5.41) is 6.75. The van der Waals surface area contributed by atoms with Crippen molar-refractivity contribution in [1.82, 2.24) is 10.2 Å². The van der Waals surface area contributed by atoms with Crippen LogP contribution in [-0.4, -0.2) is 69.5 Å². The molecule has 7 nitrogen and oxygen atoms in total. The van der Waals surface area contributed by atoms with Crippen LogP contribution < -0.4 is 20.1 Å². The van der Waals surface area contributed by atoms with E-state index in [1.54, 1.807) is 0 Å². The van der Waals surface area contributed by atoms with Gasteiger partial charge in [-0.1, -0.05) is 13.8 Å². The van der Waals surface area contributed by atoms with Gasteiger partial charge >= 0.3 is 0 Å². The van der Waals surface area contributed by atoms with E-state index in [9.17, 15) is 0 Å². The van der Waals surface area contributed by atoms with E-state index in [2.05, 4.69) is 36.3 Å². The number of hydrogen-bond donors (Lipinski definition) is 2. The van der Waals surface area contributed by atoms with Crippen molar-refractivity contribution < 1.29 is 14.2 Å². The maximum absolute atomic E-state index is 5.80. The normalized spacial score (nSPS) is 18.6. The summed E-state index contributed by atoms with van der Waals surface area (Å²) >= 11 is 0. The molecule has 29 heavy (non-hydrogen) atoms. The summed E-state index contributed by atoms with van der Waals surface area (Å²) < 4.78 is 17.0. The van der Waals surface area contributed by atoms with Crippen LogP contribution in [0.4, 0.5) is 5.69 Å². The molecule has 1 atom stereocenters. The molecular formula is C21H35IN4O3. The van der Waals surface area contributed by atoms with Gasteiger partial charge in [-0.05, 0) is 25.0 Å². The van der Waals surface area contributed by atoms with Crippen LogP contribution in [-0.2, 0) is 4.74 Å². The van der Waals surface area contributed by atoms with Crippen LogP contribution >= 0.6 is 24.0 Å². The molecule has 2 aliphatic heterocycles. The quantitative estimate of drug-likeness (QED) is 0.343. The molecule has 0 aliphatic carbocycles. The molecule has 0 radical (unpaired) electrons. The van der Waals surface area contributed by atoms with Crippen molar-refractivity contribution in [2.75, 3.05) is 57.9 Å². The fraction of sp³-hybridized carbons (Fsp3) is 0.667. The third-order valence-corrected chi connectivity index (χ3v) is 5.08. The minimum Gasteiger partial charge on any atom is -0.490 e. The maximum Gasteiger partial charge on any atom is 0.195 e. The topological polar surface area (TPSA) is 67.4 Å². The van der Waals surface area contributed by atoms with Gasteiger partial charge in [0, 0.05) is 43.9 Å². The highest BCUT2D eigenvalue weighted by atomic mass is 127. The van der Waals surface area contributed by atoms with Gasteiger partial charge < -0.3 is 24.8 Å². The van der Waals surface area contributed by atoms with Crippen LogP contribution in [0.25, 0.3) is 0 Å². The second-order valence-electron chi connectivity index (χ2n) is 7.52. The van der Waals surface area contributed by atoms with Crippen molar-refractivity contribution in [3.05, 3.63) is 18.2 Å². The summed E-state index contributed by atoms with van der Waals surface area (Å²) in [5.41, 5.74) is 0.941. The number of morpholine rings is 1. The lowest BCUT2D eigenvalue weighted by Crippen LogP contribution is -2.48. The zero-order chi connectivity index (χ0) is 19.8. The van der Waals surface area contributed by atoms with Crippen molar-refractivity contribution in [2.24, 2.45) is 10.9 Å². The second kappa shape index (κ2) is 12.4. The molecule has 0 amide bonds. The van der Waals surface area contributed by atoms with Crippen molar-refractivity contribution in [3.8, 4) is 11.5 Å². The largest absolute Gasteiger partial charge is 0.490 e. The average Bonchev–Trinajstić information content (AvgIpc) is 2.94. The Bertz CT molecular complexity index is 651. The summed E-state index contributed by atoms with van der Waals surface area (Å²) in [6.07, 6.45) is 0.902. The van der Waals surface area contributed by atoms with E-state index in [1.165, 1.54) is 0 Å². The number of fused-ring (bicyclic) bond motifs is 1. The Kier molecular flexibility index (Phi) is 10.3. The van der Waals surface area contributed by atoms with Crippen LogP contribution in [0.3, 0.4) is 0 Å². The molecule has 1 aromatic rings. The molecule has 0 spiro atoms. The van der Waals surface area contributed by atoms with Crippen LogP contribution in [0.2, 0.25) is 0 Å². The first kappa shape index (κ1) is 24.0. The number of guanidine groups is 1. The van der Waals surface area contributed by atoms with Crippen LogP contribution in [0, 0.1) is 5.92 Å². The number of hydrogen-bond acceptors (Lipinski definition) is 5. The molecule has 0 saturated carbocycles. The molecule has 1 fully saturated rings. The second-order valence-corrected chi connectivity index (χ2v) is 7.52. The summed E-state index contributed by atoms with van der Waals surface area (Å²) in [6, 6.07) is 6.35. The van der Waals surface area contributed by atoms with E-state index < -0.39 is 0 Å². The molecule has 2 aliphatic rings. The minimum absolute atomic E-state index is 0. The van der Waals surface area contributed by atoms with Gasteiger partial charge in [0.1, 0.15) is 0 Å². The average molecular weight is 518 g/mol. The van der Waals surface area contributed by atoms with Crippen molar-refractivity contribution >= 4 is 35.6 Å². The van der Waals surface area contributed by atoms with Gasteiger partial charge in [-0.3, -0.25) is 9.89 Å². The molecule has 1 unspecified atom stereocenters. The van der Waals surface area contributed by atoms with E-state index in [0.29, 0.717) is 25.2 Å². The number of benzene rings is 1. The third-order valence-electron chi connectivity index (χ3n) is 5.08. The minimum atomic E-state index is 0. The van der Waals surface area contributed by atoms with Gasteiger partial charge in [-0.15, -0.1) is 24.0 Å². The van der Waals surface area contributed by atoms with Gasteiger partial charge in [0.05, 0.1) is 33.0 Å². The van der Waals surface area contributed by atoms with Crippen molar-refractivity contribution in [2.45, 2.75) is 33.2 Å². The van der Waals surface area contributed by atoms with Gasteiger partial charge in [-0.2, -0.15) is 0 Å². The van der Waals surface area contributed by atoms with Gasteiger partial charge in [0.15, 0.2) is 17.5 Å². The maximum atomic E-state index is 5.80. The number of anilines is 1. The Morgan fingerprint density at radius 2 is 1.83 bits per heavy atom. The Morgan fingerprint density at radius 3 is 2.52 bits per heavy atom. The number of rotatable bonds is 6. The van der Waals surface area contributed by atoms with E-state index in [4.69, 9.17) is 19.2 Å². The lowest BCUT2D eigenvalue weighted by atomic mass is 10.0. The fourth-order valence-corrected chi connectivity index (χ4v) is 3.53. The van der Waals surface area contributed by atoms with Crippen LogP contribution in [0.1, 0.15) is 27.2 Å². The number of halogens is 1. The monoisotopic (exact) mass is 518 g/mol. The number of nitrogens with one attached hydrogen (secondary N) is 2. The highest BCUT2D eigenvalue weighted by Crippen LogP contribution is 2.32. The molecule has 2 heterocycles. The SMILES string of the molecule is CCNC(=NCC(C(C)C)N1CCOCC1)Nc1ccc2c(c1)OCCCO2.I. The zero-order valence-electron chi connectivity index (χ0n) is 17.8. The lowest BCUT2D eigenvalue weighted by Gasteiger charge is -2.36. The molecule has 2 N–H and O–H groups in total. The number of ether oxygens (including phenoxy) is 3. The fourth-order valence-electron chi connectivity index (χ4n) is 3.53. The third kappa shape index (κ3) is 7.18. The van der Waals surface area contributed by atoms with Crippen LogP contribution in [0.15, 0.2) is 23.2 Å². The Morgan fingerprint density at radius 1 is 1.10 bits per heavy atom. The Balaban J connectivity index is 0.00000300. The van der Waals surface area contributed by atoms with Crippen molar-refractivity contribution in [1.29, 1.82) is 0 Å². The molecule has 164 valence electrons. The van der Waals surface area contributed by atoms with E-state index in [0.717, 1.165) is 69.0 Å². The number of nitrogens with zero attached hydrogens (tertiary/aromatic N) is 2.